The number of carbonyl (C=O) groups excluding carboxylic acids is 1. The predicted octanol–water partition coefficient (Wildman–Crippen LogP) is 0.507. The lowest BCUT2D eigenvalue weighted by Gasteiger charge is -2.28. The molecule has 0 aromatic carbocycles. The third kappa shape index (κ3) is 7.87. The van der Waals surface area contributed by atoms with E-state index in [-0.39, 0.29) is 19.0 Å². The molecule has 1 heterocycles. The standard InChI is InChI=1S/C14H27N3O4/c1-17-7-4-11(5-8-17)3-6-15-14(20)16-10-12(21-2)9-13(18)19/h11-12H,3-10H2,1-2H3,(H,18,19)(H2,15,16,20). The largest absolute Gasteiger partial charge is 0.481 e. The maximum atomic E-state index is 11.6. The highest BCUT2D eigenvalue weighted by Crippen LogP contribution is 2.18. The second-order valence-electron chi connectivity index (χ2n) is 5.63. The summed E-state index contributed by atoms with van der Waals surface area (Å²) < 4.78 is 4.99. The summed E-state index contributed by atoms with van der Waals surface area (Å²) in [7, 11) is 3.57. The van der Waals surface area contributed by atoms with Gasteiger partial charge in [-0.15, -0.1) is 0 Å². The highest BCUT2D eigenvalue weighted by atomic mass is 16.5. The van der Waals surface area contributed by atoms with Gasteiger partial charge in [-0.05, 0) is 45.3 Å². The van der Waals surface area contributed by atoms with Crippen molar-refractivity contribution in [2.45, 2.75) is 31.8 Å². The SMILES string of the molecule is COC(CNC(=O)NCCC1CCN(C)CC1)CC(=O)O. The van der Waals surface area contributed by atoms with Crippen molar-refractivity contribution in [3.8, 4) is 0 Å². The highest BCUT2D eigenvalue weighted by molar-refractivity contribution is 5.74. The number of ether oxygens (including phenoxy) is 1. The Morgan fingerprint density at radius 3 is 2.57 bits per heavy atom. The van der Waals surface area contributed by atoms with Crippen LogP contribution in [0.15, 0.2) is 0 Å². The number of carbonyl (C=O) groups is 2. The molecule has 7 nitrogen and oxygen atoms in total. The summed E-state index contributed by atoms with van der Waals surface area (Å²) in [4.78, 5) is 24.5. The monoisotopic (exact) mass is 301 g/mol. The normalized spacial score (nSPS) is 18.2. The van der Waals surface area contributed by atoms with E-state index in [1.165, 1.54) is 20.0 Å². The number of likely N-dealkylation sites (tertiary alicyclic amines) is 1. The molecule has 0 radical (unpaired) electrons. The highest BCUT2D eigenvalue weighted by Gasteiger charge is 2.17. The van der Waals surface area contributed by atoms with Gasteiger partial charge in [0, 0.05) is 20.2 Å². The van der Waals surface area contributed by atoms with Gasteiger partial charge < -0.3 is 25.4 Å². The third-order valence-corrected chi connectivity index (χ3v) is 3.90. The van der Waals surface area contributed by atoms with E-state index in [1.54, 1.807) is 0 Å². The summed E-state index contributed by atoms with van der Waals surface area (Å²) in [6.45, 7) is 3.10. The number of hydrogen-bond acceptors (Lipinski definition) is 4. The Bertz CT molecular complexity index is 330. The zero-order chi connectivity index (χ0) is 15.7. The molecule has 1 rings (SSSR count). The van der Waals surface area contributed by atoms with Crippen molar-refractivity contribution in [2.75, 3.05) is 40.3 Å². The lowest BCUT2D eigenvalue weighted by molar-refractivity contribution is -0.139. The number of aliphatic carboxylic acids is 1. The molecule has 1 aliphatic rings. The van der Waals surface area contributed by atoms with Gasteiger partial charge in [0.05, 0.1) is 12.5 Å². The summed E-state index contributed by atoms with van der Waals surface area (Å²) >= 11 is 0. The molecule has 1 saturated heterocycles. The first-order valence-electron chi connectivity index (χ1n) is 7.46. The molecule has 21 heavy (non-hydrogen) atoms. The van der Waals surface area contributed by atoms with E-state index in [2.05, 4.69) is 22.6 Å². The molecule has 1 atom stereocenters. The smallest absolute Gasteiger partial charge is 0.314 e. The summed E-state index contributed by atoms with van der Waals surface area (Å²) in [5.41, 5.74) is 0. The Hall–Kier alpha value is -1.34. The first kappa shape index (κ1) is 17.7. The quantitative estimate of drug-likeness (QED) is 0.607. The fourth-order valence-electron chi connectivity index (χ4n) is 2.44. The van der Waals surface area contributed by atoms with Crippen molar-refractivity contribution in [2.24, 2.45) is 5.92 Å². The molecule has 1 aliphatic heterocycles. The molecule has 2 amide bonds. The maximum absolute atomic E-state index is 11.6. The van der Waals surface area contributed by atoms with Crippen molar-refractivity contribution in [3.05, 3.63) is 0 Å². The fourth-order valence-corrected chi connectivity index (χ4v) is 2.44. The zero-order valence-electron chi connectivity index (χ0n) is 12.9. The van der Waals surface area contributed by atoms with Crippen LogP contribution in [0.3, 0.4) is 0 Å². The lowest BCUT2D eigenvalue weighted by Crippen LogP contribution is -2.41. The summed E-state index contributed by atoms with van der Waals surface area (Å²) in [5.74, 6) is -0.258. The van der Waals surface area contributed by atoms with E-state index >= 15 is 0 Å². The average Bonchev–Trinajstić information content (AvgIpc) is 2.45. The molecular weight excluding hydrogens is 274 g/mol. The van der Waals surface area contributed by atoms with Crippen LogP contribution >= 0.6 is 0 Å². The van der Waals surface area contributed by atoms with Gasteiger partial charge in [-0.2, -0.15) is 0 Å². The minimum Gasteiger partial charge on any atom is -0.481 e. The number of carboxylic acids is 1. The van der Waals surface area contributed by atoms with Crippen molar-refractivity contribution in [1.29, 1.82) is 0 Å². The number of hydrogen-bond donors (Lipinski definition) is 3. The minimum atomic E-state index is -0.939. The molecule has 1 fully saturated rings. The van der Waals surface area contributed by atoms with Crippen LogP contribution in [0.2, 0.25) is 0 Å². The molecule has 0 aromatic heterocycles. The van der Waals surface area contributed by atoms with Crippen LogP contribution in [0.4, 0.5) is 4.79 Å². The van der Waals surface area contributed by atoms with Crippen LogP contribution in [0, 0.1) is 5.92 Å². The van der Waals surface area contributed by atoms with Crippen molar-refractivity contribution in [1.82, 2.24) is 15.5 Å². The molecule has 0 bridgehead atoms. The molecule has 0 aromatic rings. The lowest BCUT2D eigenvalue weighted by atomic mass is 9.94. The maximum Gasteiger partial charge on any atom is 0.314 e. The van der Waals surface area contributed by atoms with Gasteiger partial charge in [-0.1, -0.05) is 0 Å². The third-order valence-electron chi connectivity index (χ3n) is 3.90. The van der Waals surface area contributed by atoms with Crippen molar-refractivity contribution >= 4 is 12.0 Å². The molecule has 0 spiro atoms. The summed E-state index contributed by atoms with van der Waals surface area (Å²) in [6, 6.07) is -0.268. The van der Waals surface area contributed by atoms with E-state index in [1.807, 2.05) is 0 Å². The van der Waals surface area contributed by atoms with Crippen molar-refractivity contribution < 1.29 is 19.4 Å². The molecule has 1 unspecified atom stereocenters. The van der Waals surface area contributed by atoms with Gasteiger partial charge in [0.25, 0.3) is 0 Å². The average molecular weight is 301 g/mol. The van der Waals surface area contributed by atoms with Gasteiger partial charge >= 0.3 is 12.0 Å². The topological polar surface area (TPSA) is 90.9 Å². The predicted molar refractivity (Wildman–Crippen MR) is 79.3 cm³/mol. The van der Waals surface area contributed by atoms with Crippen LogP contribution in [-0.4, -0.2) is 68.4 Å². The fraction of sp³-hybridized carbons (Fsp3) is 0.857. The number of amides is 2. The Balaban J connectivity index is 2.09. The van der Waals surface area contributed by atoms with E-state index in [0.717, 1.165) is 19.5 Å². The van der Waals surface area contributed by atoms with Crippen molar-refractivity contribution in [3.63, 3.8) is 0 Å². The molecular formula is C14H27N3O4. The van der Waals surface area contributed by atoms with E-state index in [9.17, 15) is 9.59 Å². The Morgan fingerprint density at radius 2 is 2.00 bits per heavy atom. The van der Waals surface area contributed by atoms with Crippen LogP contribution < -0.4 is 10.6 Å². The Morgan fingerprint density at radius 1 is 1.33 bits per heavy atom. The molecule has 3 N–H and O–H groups in total. The van der Waals surface area contributed by atoms with Crippen LogP contribution in [0.1, 0.15) is 25.7 Å². The zero-order valence-corrected chi connectivity index (χ0v) is 12.9. The molecule has 0 saturated carbocycles. The van der Waals surface area contributed by atoms with E-state index in [0.29, 0.717) is 12.5 Å². The van der Waals surface area contributed by atoms with Gasteiger partial charge in [-0.25, -0.2) is 4.79 Å². The molecule has 0 aliphatic carbocycles. The van der Waals surface area contributed by atoms with E-state index < -0.39 is 12.1 Å². The number of nitrogens with zero attached hydrogens (tertiary/aromatic N) is 1. The first-order chi connectivity index (χ1) is 10.0. The second-order valence-corrected chi connectivity index (χ2v) is 5.63. The van der Waals surface area contributed by atoms with Crippen LogP contribution in [0.25, 0.3) is 0 Å². The van der Waals surface area contributed by atoms with Gasteiger partial charge in [-0.3, -0.25) is 4.79 Å². The second kappa shape index (κ2) is 9.57. The summed E-state index contributed by atoms with van der Waals surface area (Å²) in [6.07, 6.45) is 2.74. The first-order valence-corrected chi connectivity index (χ1v) is 7.46. The Labute approximate surface area is 126 Å². The summed E-state index contributed by atoms with van der Waals surface area (Å²) in [5, 5.41) is 14.1. The minimum absolute atomic E-state index is 0.119. The van der Waals surface area contributed by atoms with Gasteiger partial charge in [0.15, 0.2) is 0 Å². The molecule has 7 heteroatoms. The Kier molecular flexibility index (Phi) is 8.07. The van der Waals surface area contributed by atoms with Crippen LogP contribution in [-0.2, 0) is 9.53 Å². The number of rotatable bonds is 8. The van der Waals surface area contributed by atoms with E-state index in [4.69, 9.17) is 9.84 Å². The number of carboxylic acid groups (broad SMARTS) is 1. The van der Waals surface area contributed by atoms with Crippen LogP contribution in [0.5, 0.6) is 0 Å². The van der Waals surface area contributed by atoms with Gasteiger partial charge in [0.1, 0.15) is 0 Å². The number of nitrogens with one attached hydrogen (secondary N) is 2. The molecule has 122 valence electrons. The van der Waals surface area contributed by atoms with Gasteiger partial charge in [0.2, 0.25) is 0 Å². The number of methoxy groups -OCH3 is 1. The number of piperidine rings is 1. The number of urea groups is 1.